The first-order valence-electron chi connectivity index (χ1n) is 15.1. The summed E-state index contributed by atoms with van der Waals surface area (Å²) in [7, 11) is 0. The monoisotopic (exact) mass is 548 g/mol. The first kappa shape index (κ1) is 27.3. The molecule has 1 spiro atoms. The van der Waals surface area contributed by atoms with E-state index in [-0.39, 0.29) is 11.6 Å². The van der Waals surface area contributed by atoms with Gasteiger partial charge in [0.2, 0.25) is 5.91 Å². The van der Waals surface area contributed by atoms with Crippen molar-refractivity contribution in [2.75, 3.05) is 68.8 Å². The van der Waals surface area contributed by atoms with Gasteiger partial charge in [-0.05, 0) is 102 Å². The van der Waals surface area contributed by atoms with Gasteiger partial charge in [-0.15, -0.1) is 0 Å². The summed E-state index contributed by atoms with van der Waals surface area (Å²) in [5, 5.41) is 0. The fraction of sp³-hybridized carbons (Fsp3) is 0.767. The molecule has 2 atom stereocenters. The van der Waals surface area contributed by atoms with Gasteiger partial charge in [0.05, 0.1) is 16.7 Å². The number of anilines is 2. The van der Waals surface area contributed by atoms with Crippen LogP contribution in [0.15, 0.2) is 18.2 Å². The van der Waals surface area contributed by atoms with Crippen LogP contribution in [0.4, 0.5) is 24.5 Å². The van der Waals surface area contributed by atoms with Crippen molar-refractivity contribution in [2.24, 2.45) is 11.3 Å². The van der Waals surface area contributed by atoms with E-state index in [0.717, 1.165) is 84.6 Å². The molecule has 5 heterocycles. The number of nitrogens with zero attached hydrogens (tertiary/aromatic N) is 4. The van der Waals surface area contributed by atoms with Gasteiger partial charge in [0, 0.05) is 57.2 Å². The predicted octanol–water partition coefficient (Wildman–Crippen LogP) is 5.01. The molecule has 0 unspecified atom stereocenters. The van der Waals surface area contributed by atoms with Crippen molar-refractivity contribution < 1.29 is 22.7 Å². The zero-order chi connectivity index (χ0) is 27.2. The molecule has 9 heteroatoms. The minimum atomic E-state index is -4.52. The van der Waals surface area contributed by atoms with E-state index in [9.17, 15) is 18.0 Å². The van der Waals surface area contributed by atoms with Crippen LogP contribution in [0.2, 0.25) is 0 Å². The fourth-order valence-corrected chi connectivity index (χ4v) is 7.90. The quantitative estimate of drug-likeness (QED) is 0.517. The molecule has 0 bridgehead atoms. The number of rotatable bonds is 5. The van der Waals surface area contributed by atoms with Crippen molar-refractivity contribution in [3.05, 3.63) is 23.8 Å². The summed E-state index contributed by atoms with van der Waals surface area (Å²) in [4.78, 5) is 22.2. The van der Waals surface area contributed by atoms with E-state index in [0.29, 0.717) is 36.7 Å². The average molecular weight is 549 g/mol. The van der Waals surface area contributed by atoms with Crippen molar-refractivity contribution in [3.8, 4) is 0 Å². The van der Waals surface area contributed by atoms with E-state index in [1.807, 2.05) is 0 Å². The molecule has 216 valence electrons. The van der Waals surface area contributed by atoms with Crippen LogP contribution in [-0.4, -0.2) is 86.8 Å². The van der Waals surface area contributed by atoms with Crippen LogP contribution in [0, 0.1) is 11.3 Å². The summed E-state index contributed by atoms with van der Waals surface area (Å²) >= 11 is 0. The number of benzene rings is 1. The lowest BCUT2D eigenvalue weighted by atomic mass is 9.77. The number of carbonyl (C=O) groups is 1. The maximum atomic E-state index is 14.4. The molecule has 5 fully saturated rings. The molecule has 0 radical (unpaired) electrons. The van der Waals surface area contributed by atoms with Crippen molar-refractivity contribution >= 4 is 17.3 Å². The summed E-state index contributed by atoms with van der Waals surface area (Å²) in [6.07, 6.45) is 3.12. The minimum Gasteiger partial charge on any atom is -0.381 e. The Morgan fingerprint density at radius 3 is 2.41 bits per heavy atom. The van der Waals surface area contributed by atoms with Gasteiger partial charge in [0.15, 0.2) is 0 Å². The smallest absolute Gasteiger partial charge is 0.381 e. The number of piperidine rings is 1. The largest absolute Gasteiger partial charge is 0.418 e. The SMILES string of the molecule is C[C@H]1CCCN1[C@H]1CCN(c2ccc(N3CCC4(CCN(CC5CCOCC5)CC4)C3=O)c(C(F)(F)F)c2)C1. The van der Waals surface area contributed by atoms with Crippen LogP contribution < -0.4 is 9.80 Å². The Balaban J connectivity index is 1.14. The molecule has 5 aliphatic rings. The van der Waals surface area contributed by atoms with Gasteiger partial charge < -0.3 is 19.4 Å². The number of likely N-dealkylation sites (tertiary alicyclic amines) is 2. The third-order valence-corrected chi connectivity index (χ3v) is 10.4. The Bertz CT molecular complexity index is 1040. The number of ether oxygens (including phenoxy) is 1. The van der Waals surface area contributed by atoms with Gasteiger partial charge in [-0.2, -0.15) is 13.2 Å². The van der Waals surface area contributed by atoms with Gasteiger partial charge in [-0.3, -0.25) is 9.69 Å². The first-order valence-corrected chi connectivity index (χ1v) is 15.1. The Morgan fingerprint density at radius 1 is 0.974 bits per heavy atom. The van der Waals surface area contributed by atoms with Crippen molar-refractivity contribution in [1.29, 1.82) is 0 Å². The normalized spacial score (nSPS) is 29.3. The molecule has 6 nitrogen and oxygen atoms in total. The fourth-order valence-electron chi connectivity index (χ4n) is 7.90. The molecular formula is C30H43F3N4O2. The molecule has 0 aliphatic carbocycles. The van der Waals surface area contributed by atoms with E-state index in [1.165, 1.54) is 23.8 Å². The Hall–Kier alpha value is -1.84. The number of hydrogen-bond acceptors (Lipinski definition) is 5. The topological polar surface area (TPSA) is 39.3 Å². The third-order valence-electron chi connectivity index (χ3n) is 10.4. The maximum Gasteiger partial charge on any atom is 0.418 e. The number of carbonyl (C=O) groups excluding carboxylic acids is 1. The van der Waals surface area contributed by atoms with Crippen molar-refractivity contribution in [2.45, 2.75) is 76.6 Å². The van der Waals surface area contributed by atoms with Gasteiger partial charge >= 0.3 is 6.18 Å². The third kappa shape index (κ3) is 5.43. The molecule has 0 N–H and O–H groups in total. The molecule has 1 aromatic rings. The van der Waals surface area contributed by atoms with Crippen LogP contribution in [0.1, 0.15) is 63.9 Å². The highest BCUT2D eigenvalue weighted by molar-refractivity contribution is 6.00. The molecule has 5 saturated heterocycles. The number of hydrogen-bond donors (Lipinski definition) is 0. The summed E-state index contributed by atoms with van der Waals surface area (Å²) < 4.78 is 48.7. The molecule has 6 rings (SSSR count). The van der Waals surface area contributed by atoms with Crippen LogP contribution in [-0.2, 0) is 15.7 Å². The first-order chi connectivity index (χ1) is 18.7. The highest BCUT2D eigenvalue weighted by atomic mass is 19.4. The van der Waals surface area contributed by atoms with E-state index < -0.39 is 17.2 Å². The van der Waals surface area contributed by atoms with E-state index >= 15 is 0 Å². The molecular weight excluding hydrogens is 505 g/mol. The molecule has 1 amide bonds. The van der Waals surface area contributed by atoms with Crippen molar-refractivity contribution in [3.63, 3.8) is 0 Å². The molecule has 5 aliphatic heterocycles. The Kier molecular flexibility index (Phi) is 7.61. The molecule has 1 aromatic carbocycles. The number of halogens is 3. The van der Waals surface area contributed by atoms with Gasteiger partial charge in [0.1, 0.15) is 0 Å². The van der Waals surface area contributed by atoms with E-state index in [2.05, 4.69) is 21.6 Å². The molecule has 0 saturated carbocycles. The highest BCUT2D eigenvalue weighted by Gasteiger charge is 2.50. The summed E-state index contributed by atoms with van der Waals surface area (Å²) in [6.45, 7) is 9.59. The van der Waals surface area contributed by atoms with Crippen LogP contribution in [0.5, 0.6) is 0 Å². The highest BCUT2D eigenvalue weighted by Crippen LogP contribution is 2.47. The lowest BCUT2D eigenvalue weighted by molar-refractivity contribution is -0.137. The van der Waals surface area contributed by atoms with Gasteiger partial charge in [0.25, 0.3) is 0 Å². The second-order valence-corrected chi connectivity index (χ2v) is 12.7. The van der Waals surface area contributed by atoms with Crippen LogP contribution >= 0.6 is 0 Å². The second kappa shape index (κ2) is 10.9. The lowest BCUT2D eigenvalue weighted by Gasteiger charge is -2.39. The maximum absolute atomic E-state index is 14.4. The number of amides is 1. The summed E-state index contributed by atoms with van der Waals surface area (Å²) in [5.41, 5.74) is -0.562. The zero-order valence-electron chi connectivity index (χ0n) is 23.2. The number of alkyl halides is 3. The van der Waals surface area contributed by atoms with Crippen LogP contribution in [0.25, 0.3) is 0 Å². The Labute approximate surface area is 230 Å². The predicted molar refractivity (Wildman–Crippen MR) is 146 cm³/mol. The van der Waals surface area contributed by atoms with E-state index in [1.54, 1.807) is 12.1 Å². The van der Waals surface area contributed by atoms with E-state index in [4.69, 9.17) is 4.74 Å². The second-order valence-electron chi connectivity index (χ2n) is 12.7. The van der Waals surface area contributed by atoms with Gasteiger partial charge in [-0.25, -0.2) is 0 Å². The molecule has 39 heavy (non-hydrogen) atoms. The minimum absolute atomic E-state index is 0.0293. The standard InChI is InChI=1S/C30H43F3N4O2/c1-22-3-2-12-36(22)25-6-13-35(21-25)24-4-5-27(26(19-24)30(31,32)33)37-16-11-29(28(37)38)9-14-34(15-10-29)20-23-7-17-39-18-8-23/h4-5,19,22-23,25H,2-3,6-18,20-21H2,1H3/t22-,25-/m0/s1. The Morgan fingerprint density at radius 2 is 1.72 bits per heavy atom. The van der Waals surface area contributed by atoms with Gasteiger partial charge in [-0.1, -0.05) is 0 Å². The summed E-state index contributed by atoms with van der Waals surface area (Å²) in [6, 6.07) is 5.59. The average Bonchev–Trinajstić information content (AvgIpc) is 3.65. The van der Waals surface area contributed by atoms with Crippen molar-refractivity contribution in [1.82, 2.24) is 9.80 Å². The van der Waals surface area contributed by atoms with Crippen LogP contribution in [0.3, 0.4) is 0 Å². The molecule has 0 aromatic heterocycles. The summed E-state index contributed by atoms with van der Waals surface area (Å²) in [5.74, 6) is 0.525. The zero-order valence-corrected chi connectivity index (χ0v) is 23.2. The lowest BCUT2D eigenvalue weighted by Crippen LogP contribution is -2.46.